The van der Waals surface area contributed by atoms with Crippen LogP contribution in [0.4, 0.5) is 0 Å². The van der Waals surface area contributed by atoms with E-state index in [0.717, 1.165) is 19.3 Å². The van der Waals surface area contributed by atoms with Gasteiger partial charge in [-0.1, -0.05) is 46.2 Å². The first-order valence-electron chi connectivity index (χ1n) is 6.74. The van der Waals surface area contributed by atoms with Gasteiger partial charge in [0.15, 0.2) is 0 Å². The fraction of sp³-hybridized carbons (Fsp3) is 0.562. The Morgan fingerprint density at radius 3 is 1.81 bits per heavy atom. The molecule has 0 spiro atoms. The molecular weight excluding hydrogens is 192 g/mol. The second kappa shape index (κ2) is 6.73. The lowest BCUT2D eigenvalue weighted by Gasteiger charge is -2.15. The molecule has 1 rings (SSSR count). The Morgan fingerprint density at radius 1 is 0.875 bits per heavy atom. The molecule has 0 aliphatic rings. The number of unbranched alkanes of at least 4 members (excludes halogenated alkanes) is 1. The highest BCUT2D eigenvalue weighted by atomic mass is 14.1. The third kappa shape index (κ3) is 3.10. The van der Waals surface area contributed by atoms with Crippen LogP contribution < -0.4 is 0 Å². The summed E-state index contributed by atoms with van der Waals surface area (Å²) in [6.45, 7) is 9.01. The van der Waals surface area contributed by atoms with E-state index in [1.165, 1.54) is 35.1 Å². The number of rotatable bonds is 6. The van der Waals surface area contributed by atoms with Gasteiger partial charge < -0.3 is 0 Å². The number of hydrogen-bond donors (Lipinski definition) is 0. The lowest BCUT2D eigenvalue weighted by atomic mass is 9.91. The van der Waals surface area contributed by atoms with Crippen LogP contribution in [0.3, 0.4) is 0 Å². The fourth-order valence-electron chi connectivity index (χ4n) is 2.19. The molecule has 1 radical (unpaired) electrons. The molecule has 0 heteroatoms. The highest BCUT2D eigenvalue weighted by Gasteiger charge is 2.08. The first kappa shape index (κ1) is 13.3. The van der Waals surface area contributed by atoms with Gasteiger partial charge in [-0.25, -0.2) is 0 Å². The quantitative estimate of drug-likeness (QED) is 0.646. The maximum atomic E-state index is 2.43. The van der Waals surface area contributed by atoms with Crippen LogP contribution in [0, 0.1) is 6.42 Å². The molecule has 0 fully saturated rings. The summed E-state index contributed by atoms with van der Waals surface area (Å²) in [4.78, 5) is 0. The summed E-state index contributed by atoms with van der Waals surface area (Å²) in [7, 11) is 0. The van der Waals surface area contributed by atoms with Crippen molar-refractivity contribution in [1.29, 1.82) is 0 Å². The van der Waals surface area contributed by atoms with E-state index in [2.05, 4.69) is 46.2 Å². The van der Waals surface area contributed by atoms with Crippen molar-refractivity contribution in [1.82, 2.24) is 0 Å². The van der Waals surface area contributed by atoms with Crippen LogP contribution in [-0.2, 0) is 19.3 Å². The second-order valence-corrected chi connectivity index (χ2v) is 4.38. The van der Waals surface area contributed by atoms with E-state index in [1.807, 2.05) is 0 Å². The van der Waals surface area contributed by atoms with Crippen molar-refractivity contribution in [3.63, 3.8) is 0 Å². The smallest absolute Gasteiger partial charge is 0.00875 e. The first-order chi connectivity index (χ1) is 7.76. The predicted octanol–water partition coefficient (Wildman–Crippen LogP) is 4.73. The lowest BCUT2D eigenvalue weighted by Crippen LogP contribution is -2.00. The van der Waals surface area contributed by atoms with E-state index < -0.39 is 0 Å². The molecule has 0 amide bonds. The first-order valence-corrected chi connectivity index (χ1v) is 6.74. The zero-order valence-electron chi connectivity index (χ0n) is 11.3. The molecule has 1 aromatic rings. The van der Waals surface area contributed by atoms with E-state index in [9.17, 15) is 0 Å². The summed E-state index contributed by atoms with van der Waals surface area (Å²) < 4.78 is 0. The monoisotopic (exact) mass is 217 g/mol. The Hall–Kier alpha value is -0.780. The molecule has 0 saturated heterocycles. The minimum Gasteiger partial charge on any atom is -0.0654 e. The second-order valence-electron chi connectivity index (χ2n) is 4.38. The van der Waals surface area contributed by atoms with E-state index in [1.54, 1.807) is 0 Å². The van der Waals surface area contributed by atoms with Crippen molar-refractivity contribution in [2.24, 2.45) is 0 Å². The van der Waals surface area contributed by atoms with Gasteiger partial charge in [-0.05, 0) is 54.4 Å². The van der Waals surface area contributed by atoms with Crippen LogP contribution in [0.2, 0.25) is 0 Å². The fourth-order valence-corrected chi connectivity index (χ4v) is 2.19. The Morgan fingerprint density at radius 2 is 1.44 bits per heavy atom. The summed E-state index contributed by atoms with van der Waals surface area (Å²) in [5, 5.41) is 0. The number of hydrogen-bond acceptors (Lipinski definition) is 0. The number of benzene rings is 1. The molecule has 16 heavy (non-hydrogen) atoms. The Labute approximate surface area is 101 Å². The molecule has 0 saturated carbocycles. The van der Waals surface area contributed by atoms with Crippen molar-refractivity contribution in [2.75, 3.05) is 0 Å². The molecule has 0 unspecified atom stereocenters. The highest BCUT2D eigenvalue weighted by Crippen LogP contribution is 2.23. The minimum absolute atomic E-state index is 1.15. The van der Waals surface area contributed by atoms with Gasteiger partial charge >= 0.3 is 0 Å². The van der Waals surface area contributed by atoms with E-state index in [-0.39, 0.29) is 0 Å². The summed E-state index contributed by atoms with van der Waals surface area (Å²) in [5.41, 5.74) is 6.07. The Bertz CT molecular complexity index is 298. The molecule has 0 aliphatic heterocycles. The molecule has 0 heterocycles. The van der Waals surface area contributed by atoms with Crippen LogP contribution in [0.1, 0.15) is 62.8 Å². The van der Waals surface area contributed by atoms with Crippen LogP contribution in [0.25, 0.3) is 0 Å². The molecular formula is C16H25. The molecule has 89 valence electrons. The molecule has 0 N–H and O–H groups in total. The van der Waals surface area contributed by atoms with Crippen molar-refractivity contribution < 1.29 is 0 Å². The van der Waals surface area contributed by atoms with Crippen LogP contribution in [-0.4, -0.2) is 0 Å². The largest absolute Gasteiger partial charge is 0.0654 e. The molecule has 0 bridgehead atoms. The topological polar surface area (TPSA) is 0 Å². The van der Waals surface area contributed by atoms with Crippen LogP contribution in [0.5, 0.6) is 0 Å². The van der Waals surface area contributed by atoms with Gasteiger partial charge in [0.2, 0.25) is 0 Å². The maximum Gasteiger partial charge on any atom is -0.00875 e. The molecule has 0 atom stereocenters. The Balaban J connectivity index is 3.09. The summed E-state index contributed by atoms with van der Waals surface area (Å²) in [6.07, 6.45) is 8.31. The average Bonchev–Trinajstić information content (AvgIpc) is 2.35. The third-order valence-corrected chi connectivity index (χ3v) is 3.22. The maximum absolute atomic E-state index is 2.43. The van der Waals surface area contributed by atoms with E-state index >= 15 is 0 Å². The van der Waals surface area contributed by atoms with Crippen LogP contribution in [0.15, 0.2) is 12.1 Å². The summed E-state index contributed by atoms with van der Waals surface area (Å²) in [5.74, 6) is 0. The van der Waals surface area contributed by atoms with Gasteiger partial charge in [0.1, 0.15) is 0 Å². The Kier molecular flexibility index (Phi) is 5.59. The van der Waals surface area contributed by atoms with Crippen molar-refractivity contribution in [2.45, 2.75) is 59.8 Å². The van der Waals surface area contributed by atoms with Gasteiger partial charge in [-0.15, -0.1) is 0 Å². The molecule has 0 aliphatic carbocycles. The van der Waals surface area contributed by atoms with Crippen molar-refractivity contribution in [3.05, 3.63) is 40.8 Å². The molecule has 0 aromatic heterocycles. The van der Waals surface area contributed by atoms with Gasteiger partial charge in [0, 0.05) is 0 Å². The van der Waals surface area contributed by atoms with Crippen molar-refractivity contribution in [3.8, 4) is 0 Å². The normalized spacial score (nSPS) is 10.8. The van der Waals surface area contributed by atoms with Gasteiger partial charge in [0.25, 0.3) is 0 Å². The SMILES string of the molecule is CCC[CH]c1c(CC)cc(CC)cc1CC. The average molecular weight is 217 g/mol. The molecule has 1 aromatic carbocycles. The predicted molar refractivity (Wildman–Crippen MR) is 72.9 cm³/mol. The summed E-state index contributed by atoms with van der Waals surface area (Å²) in [6, 6.07) is 4.78. The molecule has 0 nitrogen and oxygen atoms in total. The number of aryl methyl sites for hydroxylation is 3. The zero-order chi connectivity index (χ0) is 12.0. The van der Waals surface area contributed by atoms with Gasteiger partial charge in [-0.3, -0.25) is 0 Å². The van der Waals surface area contributed by atoms with E-state index in [0.29, 0.717) is 0 Å². The standard InChI is InChI=1S/C16H25/c1-5-9-10-16-14(7-3)11-13(6-2)12-15(16)8-4/h10-12H,5-9H2,1-4H3. The zero-order valence-corrected chi connectivity index (χ0v) is 11.3. The minimum atomic E-state index is 1.15. The highest BCUT2D eigenvalue weighted by molar-refractivity contribution is 5.43. The third-order valence-electron chi connectivity index (χ3n) is 3.22. The van der Waals surface area contributed by atoms with Crippen LogP contribution >= 0.6 is 0 Å². The lowest BCUT2D eigenvalue weighted by molar-refractivity contribution is 0.894. The van der Waals surface area contributed by atoms with Crippen molar-refractivity contribution >= 4 is 0 Å². The summed E-state index contributed by atoms with van der Waals surface area (Å²) >= 11 is 0. The van der Waals surface area contributed by atoms with Gasteiger partial charge in [0.05, 0.1) is 0 Å². The van der Waals surface area contributed by atoms with E-state index in [4.69, 9.17) is 0 Å². The van der Waals surface area contributed by atoms with Gasteiger partial charge in [-0.2, -0.15) is 0 Å².